The summed E-state index contributed by atoms with van der Waals surface area (Å²) in [6.07, 6.45) is 5.61. The lowest BCUT2D eigenvalue weighted by Gasteiger charge is -2.27. The van der Waals surface area contributed by atoms with Gasteiger partial charge in [0.05, 0.1) is 25.2 Å². The zero-order chi connectivity index (χ0) is 19.9. The topological polar surface area (TPSA) is 38.8 Å². The molecule has 0 atom stereocenters. The lowest BCUT2D eigenvalue weighted by atomic mass is 10.1. The van der Waals surface area contributed by atoms with Crippen LogP contribution in [0.1, 0.15) is 39.0 Å². The zero-order valence-electron chi connectivity index (χ0n) is 16.4. The molecule has 3 rings (SSSR count). The average Bonchev–Trinajstić information content (AvgIpc) is 3.08. The number of ketones is 1. The van der Waals surface area contributed by atoms with E-state index in [1.165, 1.54) is 4.88 Å². The number of morpholine rings is 1. The fraction of sp³-hybridized carbons (Fsp3) is 0.409. The van der Waals surface area contributed by atoms with Gasteiger partial charge in [-0.2, -0.15) is 0 Å². The summed E-state index contributed by atoms with van der Waals surface area (Å²) in [4.78, 5) is 16.9. The van der Waals surface area contributed by atoms with Crippen molar-refractivity contribution in [3.63, 3.8) is 0 Å². The Balaban J connectivity index is 1.73. The first-order chi connectivity index (χ1) is 13.6. The number of hydrogen-bond acceptors (Lipinski definition) is 5. The van der Waals surface area contributed by atoms with Gasteiger partial charge in [-0.25, -0.2) is 0 Å². The molecular formula is C22H26BrNO3S. The quantitative estimate of drug-likeness (QED) is 0.398. The Kier molecular flexibility index (Phi) is 7.85. The third-order valence-corrected chi connectivity index (χ3v) is 6.89. The zero-order valence-corrected chi connectivity index (χ0v) is 18.8. The summed E-state index contributed by atoms with van der Waals surface area (Å²) in [5.74, 6) is 0.917. The molecule has 0 bridgehead atoms. The van der Waals surface area contributed by atoms with E-state index in [0.717, 1.165) is 71.9 Å². The van der Waals surface area contributed by atoms with Crippen LogP contribution in [0, 0.1) is 0 Å². The summed E-state index contributed by atoms with van der Waals surface area (Å²) in [5.41, 5.74) is 2.13. The number of allylic oxidation sites excluding steroid dienone is 1. The van der Waals surface area contributed by atoms with Crippen LogP contribution in [0.25, 0.3) is 6.08 Å². The molecule has 1 aromatic carbocycles. The highest BCUT2D eigenvalue weighted by molar-refractivity contribution is 9.10. The van der Waals surface area contributed by atoms with E-state index in [1.54, 1.807) is 24.5 Å². The highest BCUT2D eigenvalue weighted by Gasteiger charge is 2.14. The van der Waals surface area contributed by atoms with Crippen LogP contribution in [0.15, 0.2) is 34.8 Å². The van der Waals surface area contributed by atoms with E-state index in [2.05, 4.69) is 33.8 Å². The van der Waals surface area contributed by atoms with Gasteiger partial charge in [-0.15, -0.1) is 11.3 Å². The highest BCUT2D eigenvalue weighted by Crippen LogP contribution is 2.29. The van der Waals surface area contributed by atoms with E-state index in [4.69, 9.17) is 9.47 Å². The molecule has 6 heteroatoms. The second kappa shape index (κ2) is 10.3. The average molecular weight is 464 g/mol. The first-order valence-electron chi connectivity index (χ1n) is 9.58. The van der Waals surface area contributed by atoms with Crippen molar-refractivity contribution in [2.75, 3.05) is 33.4 Å². The molecule has 28 heavy (non-hydrogen) atoms. The number of methoxy groups -OCH3 is 1. The van der Waals surface area contributed by atoms with Gasteiger partial charge in [0, 0.05) is 34.5 Å². The summed E-state index contributed by atoms with van der Waals surface area (Å²) in [5, 5.41) is 0. The number of aryl methyl sites for hydroxylation is 1. The Hall–Kier alpha value is -1.47. The molecule has 4 nitrogen and oxygen atoms in total. The standard InChI is InChI=1S/C22H26BrNO3S/c1-3-4-21-18(23)14-22(28-21)19(25)7-5-16-6-8-20(26-2)17(13-16)15-24-9-11-27-12-10-24/h5-8,13-14H,3-4,9-12,15H2,1-2H3/b7-5+. The smallest absolute Gasteiger partial charge is 0.195 e. The van der Waals surface area contributed by atoms with Gasteiger partial charge in [0.25, 0.3) is 0 Å². The maximum Gasteiger partial charge on any atom is 0.195 e. The van der Waals surface area contributed by atoms with Crippen molar-refractivity contribution in [1.82, 2.24) is 4.90 Å². The molecule has 0 aliphatic carbocycles. The largest absolute Gasteiger partial charge is 0.496 e. The minimum Gasteiger partial charge on any atom is -0.496 e. The second-order valence-corrected chi connectivity index (χ2v) is 8.78. The molecule has 0 N–H and O–H groups in total. The van der Waals surface area contributed by atoms with Gasteiger partial charge < -0.3 is 9.47 Å². The molecule has 150 valence electrons. The molecule has 1 aromatic heterocycles. The van der Waals surface area contributed by atoms with E-state index in [9.17, 15) is 4.79 Å². The Bertz CT molecular complexity index is 840. The van der Waals surface area contributed by atoms with Gasteiger partial charge in [-0.05, 0) is 52.2 Å². The molecule has 0 amide bonds. The summed E-state index contributed by atoms with van der Waals surface area (Å²) in [6, 6.07) is 7.99. The third kappa shape index (κ3) is 5.54. The van der Waals surface area contributed by atoms with E-state index in [1.807, 2.05) is 24.3 Å². The third-order valence-electron chi connectivity index (χ3n) is 4.71. The predicted octanol–water partition coefficient (Wildman–Crippen LogP) is 5.20. The van der Waals surface area contributed by atoms with Crippen molar-refractivity contribution >= 4 is 39.1 Å². The fourth-order valence-electron chi connectivity index (χ4n) is 3.21. The lowest BCUT2D eigenvalue weighted by Crippen LogP contribution is -2.35. The number of hydrogen-bond donors (Lipinski definition) is 0. The van der Waals surface area contributed by atoms with Gasteiger partial charge in [-0.1, -0.05) is 25.5 Å². The minimum absolute atomic E-state index is 0.0404. The van der Waals surface area contributed by atoms with E-state index < -0.39 is 0 Å². The van der Waals surface area contributed by atoms with Gasteiger partial charge in [0.2, 0.25) is 0 Å². The summed E-state index contributed by atoms with van der Waals surface area (Å²) < 4.78 is 12.0. The fourth-order valence-corrected chi connectivity index (χ4v) is 5.10. The van der Waals surface area contributed by atoms with E-state index in [0.29, 0.717) is 0 Å². The molecule has 0 radical (unpaired) electrons. The van der Waals surface area contributed by atoms with Crippen LogP contribution in [0.4, 0.5) is 0 Å². The van der Waals surface area contributed by atoms with Gasteiger partial charge in [0.1, 0.15) is 5.75 Å². The Morgan fingerprint density at radius 1 is 1.32 bits per heavy atom. The van der Waals surface area contributed by atoms with Gasteiger partial charge in [0.15, 0.2) is 5.78 Å². The monoisotopic (exact) mass is 463 g/mol. The molecule has 0 saturated carbocycles. The van der Waals surface area contributed by atoms with Crippen molar-refractivity contribution in [2.45, 2.75) is 26.3 Å². The number of halogens is 1. The number of carbonyl (C=O) groups is 1. The molecule has 1 saturated heterocycles. The number of carbonyl (C=O) groups excluding carboxylic acids is 1. The van der Waals surface area contributed by atoms with Crippen LogP contribution < -0.4 is 4.74 Å². The van der Waals surface area contributed by atoms with Crippen molar-refractivity contribution < 1.29 is 14.3 Å². The Morgan fingerprint density at radius 3 is 2.82 bits per heavy atom. The molecule has 0 spiro atoms. The van der Waals surface area contributed by atoms with Crippen LogP contribution in [0.5, 0.6) is 5.75 Å². The molecule has 2 heterocycles. The van der Waals surface area contributed by atoms with Crippen LogP contribution in [-0.4, -0.2) is 44.1 Å². The van der Waals surface area contributed by atoms with Gasteiger partial charge in [-0.3, -0.25) is 9.69 Å². The lowest BCUT2D eigenvalue weighted by molar-refractivity contribution is 0.0339. The Labute approximate surface area is 179 Å². The number of benzene rings is 1. The molecule has 0 unspecified atom stereocenters. The molecular weight excluding hydrogens is 438 g/mol. The second-order valence-electron chi connectivity index (χ2n) is 6.79. The number of thiophene rings is 1. The molecule has 1 fully saturated rings. The summed E-state index contributed by atoms with van der Waals surface area (Å²) >= 11 is 5.14. The van der Waals surface area contributed by atoms with Crippen molar-refractivity contribution in [1.29, 1.82) is 0 Å². The maximum absolute atomic E-state index is 12.6. The SMILES string of the molecule is CCCc1sc(C(=O)/C=C/c2ccc(OC)c(CN3CCOCC3)c2)cc1Br. The number of nitrogens with zero attached hydrogens (tertiary/aromatic N) is 1. The van der Waals surface area contributed by atoms with Crippen molar-refractivity contribution in [2.24, 2.45) is 0 Å². The highest BCUT2D eigenvalue weighted by atomic mass is 79.9. The van der Waals surface area contributed by atoms with E-state index in [-0.39, 0.29) is 5.78 Å². The van der Waals surface area contributed by atoms with Gasteiger partial charge >= 0.3 is 0 Å². The molecule has 2 aromatic rings. The van der Waals surface area contributed by atoms with Crippen molar-refractivity contribution in [3.05, 3.63) is 55.7 Å². The van der Waals surface area contributed by atoms with Crippen LogP contribution >= 0.6 is 27.3 Å². The molecule has 1 aliphatic rings. The number of rotatable bonds is 8. The molecule has 1 aliphatic heterocycles. The summed E-state index contributed by atoms with van der Waals surface area (Å²) in [6.45, 7) is 6.36. The number of ether oxygens (including phenoxy) is 2. The first-order valence-corrected chi connectivity index (χ1v) is 11.2. The van der Waals surface area contributed by atoms with E-state index >= 15 is 0 Å². The Morgan fingerprint density at radius 2 is 2.11 bits per heavy atom. The summed E-state index contributed by atoms with van der Waals surface area (Å²) in [7, 11) is 1.69. The minimum atomic E-state index is 0.0404. The van der Waals surface area contributed by atoms with Crippen LogP contribution in [0.2, 0.25) is 0 Å². The van der Waals surface area contributed by atoms with Crippen molar-refractivity contribution in [3.8, 4) is 5.75 Å². The van der Waals surface area contributed by atoms with Crippen LogP contribution in [0.3, 0.4) is 0 Å². The van der Waals surface area contributed by atoms with Crippen LogP contribution in [-0.2, 0) is 17.7 Å². The maximum atomic E-state index is 12.6. The first kappa shape index (κ1) is 21.2. The predicted molar refractivity (Wildman–Crippen MR) is 118 cm³/mol. The normalized spacial score (nSPS) is 15.2.